The number of carbonyl (C=O) groups is 2. The van der Waals surface area contributed by atoms with E-state index in [4.69, 9.17) is 0 Å². The van der Waals surface area contributed by atoms with Gasteiger partial charge in [0.1, 0.15) is 0 Å². The Morgan fingerprint density at radius 1 is 0.947 bits per heavy atom. The first-order valence-electron chi connectivity index (χ1n) is 5.30. The number of anilines is 2. The lowest BCUT2D eigenvalue weighted by molar-refractivity contribution is -0.133. The van der Waals surface area contributed by atoms with Crippen LogP contribution in [0.3, 0.4) is 0 Å². The largest absolute Gasteiger partial charge is 0.318 e. The monoisotopic (exact) mass is 368 g/mol. The number of amides is 2. The molecule has 0 radical (unpaired) electrons. The minimum absolute atomic E-state index is 0.0882. The number of carbonyl (C=O) groups excluding carboxylic acids is 2. The first kappa shape index (κ1) is 13.4. The quantitative estimate of drug-likeness (QED) is 0.624. The highest BCUT2D eigenvalue weighted by Gasteiger charge is 2.14. The molecule has 0 fully saturated rings. The lowest BCUT2D eigenvalue weighted by Gasteiger charge is -2.05. The Hall–Kier alpha value is -2.03. The molecule has 2 aromatic rings. The van der Waals surface area contributed by atoms with Crippen molar-refractivity contribution in [3.05, 3.63) is 46.3 Å². The van der Waals surface area contributed by atoms with Gasteiger partial charge in [-0.05, 0) is 52.9 Å². The highest BCUT2D eigenvalue weighted by molar-refractivity contribution is 14.1. The molecule has 1 aromatic heterocycles. The maximum absolute atomic E-state index is 11.6. The number of aromatic nitrogens is 2. The van der Waals surface area contributed by atoms with Gasteiger partial charge in [0.05, 0.1) is 0 Å². The van der Waals surface area contributed by atoms with Crippen molar-refractivity contribution >= 4 is 46.0 Å². The fourth-order valence-corrected chi connectivity index (χ4v) is 1.60. The molecule has 7 heteroatoms. The number of hydrogen-bond donors (Lipinski definition) is 2. The summed E-state index contributed by atoms with van der Waals surface area (Å²) in [5, 5.41) is 4.78. The van der Waals surface area contributed by atoms with Gasteiger partial charge < -0.3 is 5.32 Å². The Morgan fingerprint density at radius 2 is 1.53 bits per heavy atom. The summed E-state index contributed by atoms with van der Waals surface area (Å²) in [4.78, 5) is 30.8. The second-order valence-electron chi connectivity index (χ2n) is 3.49. The zero-order valence-electron chi connectivity index (χ0n) is 9.63. The summed E-state index contributed by atoms with van der Waals surface area (Å²) < 4.78 is 1.04. The van der Waals surface area contributed by atoms with E-state index in [2.05, 4.69) is 43.2 Å². The SMILES string of the molecule is O=C(Nc1ccc(I)cc1)C(=O)Nc1ncccn1. The molecular formula is C12H9IN4O2. The van der Waals surface area contributed by atoms with E-state index in [9.17, 15) is 9.59 Å². The van der Waals surface area contributed by atoms with Crippen LogP contribution in [0.4, 0.5) is 11.6 Å². The fraction of sp³-hybridized carbons (Fsp3) is 0. The molecule has 0 bridgehead atoms. The molecule has 0 aliphatic carbocycles. The van der Waals surface area contributed by atoms with Crippen LogP contribution >= 0.6 is 22.6 Å². The normalized spacial score (nSPS) is 9.74. The molecule has 0 saturated heterocycles. The van der Waals surface area contributed by atoms with Gasteiger partial charge in [-0.1, -0.05) is 0 Å². The van der Waals surface area contributed by atoms with Gasteiger partial charge in [0.15, 0.2) is 0 Å². The van der Waals surface area contributed by atoms with E-state index < -0.39 is 11.8 Å². The Labute approximate surface area is 122 Å². The van der Waals surface area contributed by atoms with Crippen molar-refractivity contribution < 1.29 is 9.59 Å². The third-order valence-corrected chi connectivity index (χ3v) is 2.82. The van der Waals surface area contributed by atoms with Crippen LogP contribution in [-0.2, 0) is 9.59 Å². The van der Waals surface area contributed by atoms with Crippen molar-refractivity contribution in [2.45, 2.75) is 0 Å². The summed E-state index contributed by atoms with van der Waals surface area (Å²) >= 11 is 2.15. The van der Waals surface area contributed by atoms with Crippen LogP contribution in [0.5, 0.6) is 0 Å². The van der Waals surface area contributed by atoms with E-state index in [0.717, 1.165) is 3.57 Å². The van der Waals surface area contributed by atoms with E-state index in [1.165, 1.54) is 12.4 Å². The van der Waals surface area contributed by atoms with Gasteiger partial charge in [-0.15, -0.1) is 0 Å². The zero-order chi connectivity index (χ0) is 13.7. The second-order valence-corrected chi connectivity index (χ2v) is 4.73. The van der Waals surface area contributed by atoms with E-state index in [1.807, 2.05) is 12.1 Å². The molecule has 0 unspecified atom stereocenters. The van der Waals surface area contributed by atoms with Crippen molar-refractivity contribution in [2.75, 3.05) is 10.6 Å². The number of hydrogen-bond acceptors (Lipinski definition) is 4. The number of nitrogens with one attached hydrogen (secondary N) is 2. The summed E-state index contributed by atoms with van der Waals surface area (Å²) in [6.07, 6.45) is 2.94. The van der Waals surface area contributed by atoms with Gasteiger partial charge in [-0.3, -0.25) is 14.9 Å². The van der Waals surface area contributed by atoms with Crippen molar-refractivity contribution in [1.82, 2.24) is 9.97 Å². The van der Waals surface area contributed by atoms with Crippen LogP contribution in [0, 0.1) is 3.57 Å². The van der Waals surface area contributed by atoms with Crippen LogP contribution in [0.1, 0.15) is 0 Å². The molecule has 0 saturated carbocycles. The molecule has 0 aliphatic heterocycles. The van der Waals surface area contributed by atoms with E-state index in [1.54, 1.807) is 18.2 Å². The lowest BCUT2D eigenvalue weighted by Crippen LogP contribution is -2.29. The highest BCUT2D eigenvalue weighted by Crippen LogP contribution is 2.11. The third kappa shape index (κ3) is 3.98. The average molecular weight is 368 g/mol. The number of nitrogens with zero attached hydrogens (tertiary/aromatic N) is 2. The molecular weight excluding hydrogens is 359 g/mol. The molecule has 2 N–H and O–H groups in total. The smallest absolute Gasteiger partial charge is 0.316 e. The van der Waals surface area contributed by atoms with Crippen molar-refractivity contribution in [1.29, 1.82) is 0 Å². The fourth-order valence-electron chi connectivity index (χ4n) is 1.24. The summed E-state index contributed by atoms with van der Waals surface area (Å²) in [6, 6.07) is 8.70. The molecule has 2 amide bonds. The molecule has 0 spiro atoms. The first-order chi connectivity index (χ1) is 9.15. The standard InChI is InChI=1S/C12H9IN4O2/c13-8-2-4-9(5-3-8)16-10(18)11(19)17-12-14-6-1-7-15-12/h1-7H,(H,16,18)(H,14,15,17,19). The summed E-state index contributed by atoms with van der Waals surface area (Å²) in [5.41, 5.74) is 0.551. The van der Waals surface area contributed by atoms with Gasteiger partial charge in [-0.2, -0.15) is 0 Å². The average Bonchev–Trinajstić information content (AvgIpc) is 2.42. The van der Waals surface area contributed by atoms with Crippen molar-refractivity contribution in [3.8, 4) is 0 Å². The maximum atomic E-state index is 11.6. The Morgan fingerprint density at radius 3 is 2.16 bits per heavy atom. The molecule has 0 atom stereocenters. The summed E-state index contributed by atoms with van der Waals surface area (Å²) in [7, 11) is 0. The maximum Gasteiger partial charge on any atom is 0.316 e. The predicted molar refractivity (Wildman–Crippen MR) is 78.5 cm³/mol. The van der Waals surface area contributed by atoms with E-state index >= 15 is 0 Å². The molecule has 1 aromatic carbocycles. The van der Waals surface area contributed by atoms with E-state index in [-0.39, 0.29) is 5.95 Å². The molecule has 6 nitrogen and oxygen atoms in total. The minimum Gasteiger partial charge on any atom is -0.318 e. The lowest BCUT2D eigenvalue weighted by atomic mass is 10.3. The van der Waals surface area contributed by atoms with E-state index in [0.29, 0.717) is 5.69 Å². The molecule has 2 rings (SSSR count). The van der Waals surface area contributed by atoms with Gasteiger partial charge in [-0.25, -0.2) is 9.97 Å². The Kier molecular flexibility index (Phi) is 4.39. The van der Waals surface area contributed by atoms with Gasteiger partial charge in [0, 0.05) is 21.7 Å². The van der Waals surface area contributed by atoms with Crippen LogP contribution in [0.25, 0.3) is 0 Å². The molecule has 0 aliphatic rings. The van der Waals surface area contributed by atoms with Crippen molar-refractivity contribution in [2.24, 2.45) is 0 Å². The first-order valence-corrected chi connectivity index (χ1v) is 6.38. The number of rotatable bonds is 2. The van der Waals surface area contributed by atoms with Gasteiger partial charge in [0.25, 0.3) is 0 Å². The number of benzene rings is 1. The van der Waals surface area contributed by atoms with Crippen molar-refractivity contribution in [3.63, 3.8) is 0 Å². The second kappa shape index (κ2) is 6.23. The van der Waals surface area contributed by atoms with Gasteiger partial charge >= 0.3 is 11.8 Å². The zero-order valence-corrected chi connectivity index (χ0v) is 11.8. The highest BCUT2D eigenvalue weighted by atomic mass is 127. The number of halogens is 1. The third-order valence-electron chi connectivity index (χ3n) is 2.10. The van der Waals surface area contributed by atoms with Crippen LogP contribution in [0.2, 0.25) is 0 Å². The minimum atomic E-state index is -0.815. The Balaban J connectivity index is 1.96. The molecule has 96 valence electrons. The topological polar surface area (TPSA) is 84.0 Å². The van der Waals surface area contributed by atoms with Crippen LogP contribution in [0.15, 0.2) is 42.7 Å². The van der Waals surface area contributed by atoms with Crippen LogP contribution in [-0.4, -0.2) is 21.8 Å². The summed E-state index contributed by atoms with van der Waals surface area (Å²) in [6.45, 7) is 0. The molecule has 1 heterocycles. The predicted octanol–water partition coefficient (Wildman–Crippen LogP) is 1.66. The summed E-state index contributed by atoms with van der Waals surface area (Å²) in [5.74, 6) is -1.50. The Bertz CT molecular complexity index is 586. The van der Waals surface area contributed by atoms with Crippen LogP contribution < -0.4 is 10.6 Å². The molecule has 19 heavy (non-hydrogen) atoms. The van der Waals surface area contributed by atoms with Gasteiger partial charge in [0.2, 0.25) is 5.95 Å².